The van der Waals surface area contributed by atoms with Crippen LogP contribution in [0.1, 0.15) is 15.3 Å². The summed E-state index contributed by atoms with van der Waals surface area (Å²) in [7, 11) is 0. The van der Waals surface area contributed by atoms with E-state index in [1.54, 1.807) is 23.5 Å². The van der Waals surface area contributed by atoms with Gasteiger partial charge in [-0.15, -0.1) is 11.3 Å². The second-order valence-corrected chi connectivity index (χ2v) is 7.01. The molecule has 0 unspecified atom stereocenters. The lowest BCUT2D eigenvalue weighted by atomic mass is 10.2. The van der Waals surface area contributed by atoms with E-state index in [-0.39, 0.29) is 5.82 Å². The molecule has 0 aliphatic heterocycles. The first-order valence-corrected chi connectivity index (χ1v) is 7.86. The number of thiophene rings is 1. The summed E-state index contributed by atoms with van der Waals surface area (Å²) in [6.45, 7) is 3.52. The Bertz CT molecular complexity index is 534. The number of benzene rings is 1. The predicted octanol–water partition coefficient (Wildman–Crippen LogP) is 5.01. The molecule has 1 heterocycles. The Balaban J connectivity index is 1.94. The van der Waals surface area contributed by atoms with Crippen molar-refractivity contribution in [2.24, 2.45) is 0 Å². The third-order valence-electron chi connectivity index (χ3n) is 2.53. The minimum absolute atomic E-state index is 0.204. The molecule has 5 heteroatoms. The van der Waals surface area contributed by atoms with Crippen molar-refractivity contribution in [3.63, 3.8) is 0 Å². The van der Waals surface area contributed by atoms with Gasteiger partial charge in [-0.05, 0) is 52.7 Å². The standard InChI is InChI=1S/C13H12Br2FNS/c1-8-13(15)5-11(18-8)7-17-6-9-4-10(16)2-3-12(9)14/h2-5,17H,6-7H2,1H3. The van der Waals surface area contributed by atoms with Gasteiger partial charge in [-0.2, -0.15) is 0 Å². The van der Waals surface area contributed by atoms with Crippen LogP contribution in [0.25, 0.3) is 0 Å². The molecule has 0 spiro atoms. The minimum atomic E-state index is -0.204. The lowest BCUT2D eigenvalue weighted by Gasteiger charge is -2.06. The van der Waals surface area contributed by atoms with Gasteiger partial charge in [0.2, 0.25) is 0 Å². The van der Waals surface area contributed by atoms with Crippen LogP contribution in [0.4, 0.5) is 4.39 Å². The number of aryl methyl sites for hydroxylation is 1. The summed E-state index contributed by atoms with van der Waals surface area (Å²) < 4.78 is 15.2. The molecule has 1 aromatic carbocycles. The van der Waals surface area contributed by atoms with Crippen molar-refractivity contribution in [2.75, 3.05) is 0 Å². The Labute approximate surface area is 127 Å². The molecule has 0 atom stereocenters. The molecule has 1 N–H and O–H groups in total. The quantitative estimate of drug-likeness (QED) is 0.770. The van der Waals surface area contributed by atoms with Crippen molar-refractivity contribution >= 4 is 43.2 Å². The van der Waals surface area contributed by atoms with Gasteiger partial charge in [-0.3, -0.25) is 0 Å². The zero-order valence-corrected chi connectivity index (χ0v) is 13.8. The fraction of sp³-hybridized carbons (Fsp3) is 0.231. The first-order valence-electron chi connectivity index (χ1n) is 5.45. The third kappa shape index (κ3) is 3.63. The van der Waals surface area contributed by atoms with Crippen molar-refractivity contribution in [1.29, 1.82) is 0 Å². The first-order chi connectivity index (χ1) is 8.56. The highest BCUT2D eigenvalue weighted by Crippen LogP contribution is 2.26. The molecular formula is C13H12Br2FNS. The zero-order chi connectivity index (χ0) is 13.1. The molecular weight excluding hydrogens is 381 g/mol. The molecule has 18 heavy (non-hydrogen) atoms. The Morgan fingerprint density at radius 3 is 2.61 bits per heavy atom. The zero-order valence-electron chi connectivity index (χ0n) is 9.77. The van der Waals surface area contributed by atoms with E-state index in [0.717, 1.165) is 21.1 Å². The van der Waals surface area contributed by atoms with Crippen LogP contribution in [0, 0.1) is 12.7 Å². The van der Waals surface area contributed by atoms with Gasteiger partial charge >= 0.3 is 0 Å². The van der Waals surface area contributed by atoms with E-state index in [9.17, 15) is 4.39 Å². The smallest absolute Gasteiger partial charge is 0.123 e. The average Bonchev–Trinajstić information content (AvgIpc) is 2.63. The normalized spacial score (nSPS) is 10.9. The highest BCUT2D eigenvalue weighted by Gasteiger charge is 2.04. The summed E-state index contributed by atoms with van der Waals surface area (Å²) in [4.78, 5) is 2.55. The fourth-order valence-electron chi connectivity index (χ4n) is 1.60. The summed E-state index contributed by atoms with van der Waals surface area (Å²) in [5.74, 6) is -0.204. The molecule has 2 rings (SSSR count). The summed E-state index contributed by atoms with van der Waals surface area (Å²) in [6, 6.07) is 6.85. The topological polar surface area (TPSA) is 12.0 Å². The molecule has 1 nitrogen and oxygen atoms in total. The van der Waals surface area contributed by atoms with Gasteiger partial charge in [0.05, 0.1) is 0 Å². The van der Waals surface area contributed by atoms with Gasteiger partial charge in [-0.25, -0.2) is 4.39 Å². The summed E-state index contributed by atoms with van der Waals surface area (Å²) in [6.07, 6.45) is 0. The highest BCUT2D eigenvalue weighted by atomic mass is 79.9. The number of halogens is 3. The Kier molecular flexibility index (Phi) is 4.95. The molecule has 1 aromatic heterocycles. The van der Waals surface area contributed by atoms with Crippen molar-refractivity contribution in [1.82, 2.24) is 5.32 Å². The monoisotopic (exact) mass is 391 g/mol. The molecule has 0 saturated heterocycles. The van der Waals surface area contributed by atoms with Gasteiger partial charge in [0, 0.05) is 31.8 Å². The number of hydrogen-bond acceptors (Lipinski definition) is 2. The van der Waals surface area contributed by atoms with E-state index >= 15 is 0 Å². The van der Waals surface area contributed by atoms with Crippen molar-refractivity contribution in [3.8, 4) is 0 Å². The molecule has 0 bridgehead atoms. The van der Waals surface area contributed by atoms with Crippen LogP contribution in [-0.2, 0) is 13.1 Å². The maximum absolute atomic E-state index is 13.1. The lowest BCUT2D eigenvalue weighted by molar-refractivity contribution is 0.620. The predicted molar refractivity (Wildman–Crippen MR) is 81.4 cm³/mol. The van der Waals surface area contributed by atoms with Crippen LogP contribution in [0.15, 0.2) is 33.2 Å². The molecule has 96 valence electrons. The molecule has 0 aliphatic carbocycles. The molecule has 0 radical (unpaired) electrons. The number of rotatable bonds is 4. The molecule has 0 saturated carbocycles. The Morgan fingerprint density at radius 1 is 1.17 bits per heavy atom. The maximum Gasteiger partial charge on any atom is 0.123 e. The highest BCUT2D eigenvalue weighted by molar-refractivity contribution is 9.10. The average molecular weight is 393 g/mol. The first kappa shape index (κ1) is 14.2. The van der Waals surface area contributed by atoms with Gasteiger partial charge in [0.1, 0.15) is 5.82 Å². The molecule has 2 aromatic rings. The van der Waals surface area contributed by atoms with Crippen LogP contribution < -0.4 is 5.32 Å². The van der Waals surface area contributed by atoms with Crippen LogP contribution >= 0.6 is 43.2 Å². The maximum atomic E-state index is 13.1. The summed E-state index contributed by atoms with van der Waals surface area (Å²) in [5, 5.41) is 3.32. The van der Waals surface area contributed by atoms with E-state index < -0.39 is 0 Å². The van der Waals surface area contributed by atoms with Gasteiger partial charge < -0.3 is 5.32 Å². The molecule has 0 aliphatic rings. The van der Waals surface area contributed by atoms with E-state index in [1.807, 2.05) is 0 Å². The van der Waals surface area contributed by atoms with Crippen LogP contribution in [-0.4, -0.2) is 0 Å². The number of nitrogens with one attached hydrogen (secondary N) is 1. The third-order valence-corrected chi connectivity index (χ3v) is 5.44. The number of hydrogen-bond donors (Lipinski definition) is 1. The minimum Gasteiger partial charge on any atom is -0.308 e. The van der Waals surface area contributed by atoms with Crippen molar-refractivity contribution < 1.29 is 4.39 Å². The second kappa shape index (κ2) is 6.28. The van der Waals surface area contributed by atoms with Crippen LogP contribution in [0.5, 0.6) is 0 Å². The fourth-order valence-corrected chi connectivity index (χ4v) is 3.56. The van der Waals surface area contributed by atoms with E-state index in [2.05, 4.69) is 50.2 Å². The summed E-state index contributed by atoms with van der Waals surface area (Å²) in [5.41, 5.74) is 0.933. The van der Waals surface area contributed by atoms with E-state index in [4.69, 9.17) is 0 Å². The van der Waals surface area contributed by atoms with Crippen LogP contribution in [0.2, 0.25) is 0 Å². The largest absolute Gasteiger partial charge is 0.308 e. The second-order valence-electron chi connectivity index (χ2n) is 3.96. The van der Waals surface area contributed by atoms with E-state index in [1.165, 1.54) is 15.8 Å². The van der Waals surface area contributed by atoms with Crippen molar-refractivity contribution in [3.05, 3.63) is 54.3 Å². The van der Waals surface area contributed by atoms with Gasteiger partial charge in [0.15, 0.2) is 0 Å². The Morgan fingerprint density at radius 2 is 1.94 bits per heavy atom. The SMILES string of the molecule is Cc1sc(CNCc2cc(F)ccc2Br)cc1Br. The van der Waals surface area contributed by atoms with Gasteiger partial charge in [-0.1, -0.05) is 15.9 Å². The van der Waals surface area contributed by atoms with Crippen LogP contribution in [0.3, 0.4) is 0 Å². The lowest BCUT2D eigenvalue weighted by Crippen LogP contribution is -2.12. The molecule has 0 amide bonds. The Hall–Kier alpha value is -0.230. The van der Waals surface area contributed by atoms with Crippen molar-refractivity contribution in [2.45, 2.75) is 20.0 Å². The van der Waals surface area contributed by atoms with E-state index in [0.29, 0.717) is 6.54 Å². The summed E-state index contributed by atoms with van der Waals surface area (Å²) >= 11 is 8.68. The molecule has 0 fully saturated rings. The van der Waals surface area contributed by atoms with Gasteiger partial charge in [0.25, 0.3) is 0 Å².